The van der Waals surface area contributed by atoms with Gasteiger partial charge in [0, 0.05) is 36.5 Å². The standard InChI is InChI=1S/C30H32N4O4S2/c31-39(35,36)30(40(32,37)38)20-29(27-25-12-6-4-10-22(25)18-33-27,28-26-13-7-5-11-23(26)19-34-28)17-16-24(30)15-14-21-8-2-1-3-9-21/h1-17,24,27-28,33-34H,18-20H2,(H2,31,35,36)(H2,32,37,38). The van der Waals surface area contributed by atoms with Crippen molar-refractivity contribution in [2.45, 2.75) is 35.7 Å². The van der Waals surface area contributed by atoms with Crippen LogP contribution >= 0.6 is 0 Å². The summed E-state index contributed by atoms with van der Waals surface area (Å²) in [6.07, 6.45) is 6.61. The summed E-state index contributed by atoms with van der Waals surface area (Å²) in [6, 6.07) is 24.3. The number of hydrogen-bond donors (Lipinski definition) is 4. The summed E-state index contributed by atoms with van der Waals surface area (Å²) in [5, 5.41) is 19.0. The summed E-state index contributed by atoms with van der Waals surface area (Å²) in [5.41, 5.74) is 3.89. The second-order valence-electron chi connectivity index (χ2n) is 10.9. The Morgan fingerprint density at radius 3 is 1.75 bits per heavy atom. The molecule has 3 aromatic carbocycles. The Kier molecular flexibility index (Phi) is 6.60. The maximum Gasteiger partial charge on any atom is 0.231 e. The maximum absolute atomic E-state index is 13.6. The molecule has 0 saturated heterocycles. The third-order valence-electron chi connectivity index (χ3n) is 8.73. The first-order chi connectivity index (χ1) is 19.1. The lowest BCUT2D eigenvalue weighted by Crippen LogP contribution is -2.63. The second kappa shape index (κ2) is 9.76. The zero-order valence-corrected chi connectivity index (χ0v) is 23.4. The van der Waals surface area contributed by atoms with Crippen molar-refractivity contribution in [3.05, 3.63) is 125 Å². The molecule has 0 radical (unpaired) electrons. The summed E-state index contributed by atoms with van der Waals surface area (Å²) in [4.78, 5) is 0. The molecule has 6 N–H and O–H groups in total. The van der Waals surface area contributed by atoms with Crippen LogP contribution in [0.15, 0.2) is 97.1 Å². The van der Waals surface area contributed by atoms with Crippen LogP contribution in [-0.4, -0.2) is 20.9 Å². The van der Waals surface area contributed by atoms with Gasteiger partial charge in [0.25, 0.3) is 0 Å². The van der Waals surface area contributed by atoms with Gasteiger partial charge in [0.1, 0.15) is 0 Å². The van der Waals surface area contributed by atoms with E-state index in [-0.39, 0.29) is 6.42 Å². The minimum Gasteiger partial charge on any atom is -0.305 e. The lowest BCUT2D eigenvalue weighted by atomic mass is 9.63. The molecule has 0 fully saturated rings. The highest BCUT2D eigenvalue weighted by Gasteiger charge is 2.65. The Morgan fingerprint density at radius 2 is 1.23 bits per heavy atom. The smallest absolute Gasteiger partial charge is 0.231 e. The fraction of sp³-hybridized carbons (Fsp3) is 0.267. The molecular weight excluding hydrogens is 544 g/mol. The molecule has 208 valence electrons. The topological polar surface area (TPSA) is 144 Å². The Balaban J connectivity index is 1.60. The predicted molar refractivity (Wildman–Crippen MR) is 156 cm³/mol. The number of nitrogens with two attached hydrogens (primary N) is 2. The zero-order chi connectivity index (χ0) is 28.2. The molecule has 3 unspecified atom stereocenters. The van der Waals surface area contributed by atoms with Crippen LogP contribution in [0.5, 0.6) is 0 Å². The number of benzene rings is 3. The van der Waals surface area contributed by atoms with Crippen molar-refractivity contribution in [2.75, 3.05) is 0 Å². The van der Waals surface area contributed by atoms with Crippen LogP contribution in [0.4, 0.5) is 0 Å². The molecule has 3 atom stereocenters. The molecule has 6 rings (SSSR count). The SMILES string of the molecule is NS(=O)(=O)C1(S(N)(=O)=O)CC(C2NCc3ccccc32)(C2NCc3ccccc32)C=CC1C=Cc1ccccc1. The third-order valence-corrected chi connectivity index (χ3v) is 12.9. The second-order valence-corrected chi connectivity index (χ2v) is 14.8. The van der Waals surface area contributed by atoms with Crippen LogP contribution in [0.3, 0.4) is 0 Å². The van der Waals surface area contributed by atoms with Crippen LogP contribution in [0, 0.1) is 11.3 Å². The van der Waals surface area contributed by atoms with Gasteiger partial charge in [-0.25, -0.2) is 27.1 Å². The summed E-state index contributed by atoms with van der Waals surface area (Å²) < 4.78 is 51.9. The van der Waals surface area contributed by atoms with Crippen LogP contribution < -0.4 is 20.9 Å². The molecule has 1 aliphatic carbocycles. The molecule has 40 heavy (non-hydrogen) atoms. The van der Waals surface area contributed by atoms with E-state index in [9.17, 15) is 16.8 Å². The number of hydrogen-bond acceptors (Lipinski definition) is 6. The van der Waals surface area contributed by atoms with E-state index in [2.05, 4.69) is 10.6 Å². The number of primary sulfonamides is 2. The van der Waals surface area contributed by atoms with Crippen molar-refractivity contribution in [3.63, 3.8) is 0 Å². The Bertz CT molecular complexity index is 1630. The summed E-state index contributed by atoms with van der Waals surface area (Å²) in [5.74, 6) is -1.11. The van der Waals surface area contributed by atoms with Gasteiger partial charge in [-0.3, -0.25) is 0 Å². The van der Waals surface area contributed by atoms with Gasteiger partial charge in [0.2, 0.25) is 24.1 Å². The van der Waals surface area contributed by atoms with Crippen LogP contribution in [0.2, 0.25) is 0 Å². The largest absolute Gasteiger partial charge is 0.305 e. The summed E-state index contributed by atoms with van der Waals surface area (Å²) in [7, 11) is -9.51. The monoisotopic (exact) mass is 576 g/mol. The average molecular weight is 577 g/mol. The van der Waals surface area contributed by atoms with Gasteiger partial charge in [-0.15, -0.1) is 0 Å². The van der Waals surface area contributed by atoms with E-state index in [4.69, 9.17) is 10.3 Å². The molecule has 0 aromatic heterocycles. The number of rotatable bonds is 6. The molecule has 3 aliphatic rings. The van der Waals surface area contributed by atoms with E-state index < -0.39 is 47.5 Å². The highest BCUT2D eigenvalue weighted by molar-refractivity contribution is 8.08. The van der Waals surface area contributed by atoms with Gasteiger partial charge in [0.15, 0.2) is 0 Å². The van der Waals surface area contributed by atoms with E-state index in [0.29, 0.717) is 13.1 Å². The third kappa shape index (κ3) is 4.18. The first-order valence-electron chi connectivity index (χ1n) is 13.2. The highest BCUT2D eigenvalue weighted by atomic mass is 32.3. The van der Waals surface area contributed by atoms with Gasteiger partial charge < -0.3 is 10.6 Å². The van der Waals surface area contributed by atoms with Crippen LogP contribution in [0.1, 0.15) is 46.3 Å². The molecule has 0 spiro atoms. The lowest BCUT2D eigenvalue weighted by molar-refractivity contribution is 0.156. The molecule has 3 aromatic rings. The molecule has 0 amide bonds. The fourth-order valence-electron chi connectivity index (χ4n) is 6.88. The normalized spacial score (nSPS) is 27.5. The molecular formula is C30H32N4O4S2. The van der Waals surface area contributed by atoms with E-state index in [1.807, 2.05) is 84.9 Å². The Labute approximate surface area is 235 Å². The number of allylic oxidation sites excluding steroid dienone is 2. The minimum absolute atomic E-state index is 0.337. The number of sulfonamides is 2. The highest BCUT2D eigenvalue weighted by Crippen LogP contribution is 2.60. The Hall–Kier alpha value is -3.12. The number of nitrogens with one attached hydrogen (secondary N) is 2. The van der Waals surface area contributed by atoms with E-state index >= 15 is 0 Å². The van der Waals surface area contributed by atoms with Crippen LogP contribution in [0.25, 0.3) is 6.08 Å². The van der Waals surface area contributed by atoms with Crippen molar-refractivity contribution < 1.29 is 16.8 Å². The molecule has 10 heteroatoms. The molecule has 2 heterocycles. The van der Waals surface area contributed by atoms with Crippen molar-refractivity contribution in [3.8, 4) is 0 Å². The average Bonchev–Trinajstić information content (AvgIpc) is 3.57. The Morgan fingerprint density at radius 1 is 0.725 bits per heavy atom. The molecule has 0 saturated carbocycles. The molecule has 0 bridgehead atoms. The van der Waals surface area contributed by atoms with Gasteiger partial charge in [-0.05, 0) is 34.2 Å². The van der Waals surface area contributed by atoms with E-state index in [1.54, 1.807) is 18.2 Å². The van der Waals surface area contributed by atoms with E-state index in [1.165, 1.54) is 0 Å². The van der Waals surface area contributed by atoms with Gasteiger partial charge in [-0.2, -0.15) is 0 Å². The zero-order valence-electron chi connectivity index (χ0n) is 21.8. The first kappa shape index (κ1) is 27.1. The predicted octanol–water partition coefficient (Wildman–Crippen LogP) is 3.22. The minimum atomic E-state index is -4.75. The quantitative estimate of drug-likeness (QED) is 0.332. The summed E-state index contributed by atoms with van der Waals surface area (Å²) in [6.45, 7) is 1.14. The summed E-state index contributed by atoms with van der Waals surface area (Å²) >= 11 is 0. The van der Waals surface area contributed by atoms with Crippen LogP contribution in [-0.2, 0) is 33.1 Å². The van der Waals surface area contributed by atoms with Gasteiger partial charge in [0.05, 0.1) is 0 Å². The molecule has 8 nitrogen and oxygen atoms in total. The van der Waals surface area contributed by atoms with Crippen molar-refractivity contribution in [1.82, 2.24) is 10.6 Å². The maximum atomic E-state index is 13.6. The van der Waals surface area contributed by atoms with Gasteiger partial charge in [-0.1, -0.05) is 103 Å². The van der Waals surface area contributed by atoms with E-state index in [0.717, 1.165) is 27.8 Å². The van der Waals surface area contributed by atoms with Crippen molar-refractivity contribution in [2.24, 2.45) is 21.6 Å². The fourth-order valence-corrected chi connectivity index (χ4v) is 10.2. The first-order valence-corrected chi connectivity index (χ1v) is 16.3. The lowest BCUT2D eigenvalue weighted by Gasteiger charge is -2.51. The number of fused-ring (bicyclic) bond motifs is 2. The van der Waals surface area contributed by atoms with Crippen molar-refractivity contribution >= 4 is 26.1 Å². The molecule has 2 aliphatic heterocycles. The van der Waals surface area contributed by atoms with Crippen molar-refractivity contribution in [1.29, 1.82) is 0 Å². The van der Waals surface area contributed by atoms with Gasteiger partial charge >= 0.3 is 0 Å².